The molecule has 1 unspecified atom stereocenters. The molecule has 0 amide bonds. The zero-order valence-corrected chi connectivity index (χ0v) is 9.42. The molecule has 0 radical (unpaired) electrons. The average Bonchev–Trinajstić information content (AvgIpc) is 2.21. The summed E-state index contributed by atoms with van der Waals surface area (Å²) in [5.74, 6) is 1.21. The molecule has 1 rings (SSSR count). The van der Waals surface area contributed by atoms with Gasteiger partial charge < -0.3 is 5.73 Å². The molecule has 15 heavy (non-hydrogen) atoms. The molecule has 0 bridgehead atoms. The highest BCUT2D eigenvalue weighted by atomic mass is 79.9. The first-order valence-corrected chi connectivity index (χ1v) is 5.04. The predicted octanol–water partition coefficient (Wildman–Crippen LogP) is 2.12. The number of carbonyl (C=O) groups is 1. The van der Waals surface area contributed by atoms with Crippen molar-refractivity contribution < 1.29 is 9.18 Å². The molecule has 0 aromatic heterocycles. The summed E-state index contributed by atoms with van der Waals surface area (Å²) in [6, 6.07) is 3.27. The number of benzene rings is 1. The Bertz CT molecular complexity index is 425. The molecule has 2 nitrogen and oxygen atoms in total. The number of rotatable bonds is 3. The predicted molar refractivity (Wildman–Crippen MR) is 59.9 cm³/mol. The summed E-state index contributed by atoms with van der Waals surface area (Å²) in [5, 5.41) is 0. The fourth-order valence-electron chi connectivity index (χ4n) is 1.11. The van der Waals surface area contributed by atoms with E-state index in [1.165, 1.54) is 18.2 Å². The SMILES string of the molecule is C#CCC(N)C(=O)c1cc(Br)ccc1F. The van der Waals surface area contributed by atoms with E-state index in [0.29, 0.717) is 4.47 Å². The van der Waals surface area contributed by atoms with Gasteiger partial charge in [0.15, 0.2) is 5.78 Å². The summed E-state index contributed by atoms with van der Waals surface area (Å²) in [4.78, 5) is 11.6. The van der Waals surface area contributed by atoms with Crippen molar-refractivity contribution in [1.82, 2.24) is 0 Å². The van der Waals surface area contributed by atoms with E-state index >= 15 is 0 Å². The summed E-state index contributed by atoms with van der Waals surface area (Å²) in [6.45, 7) is 0. The molecule has 0 aliphatic heterocycles. The zero-order chi connectivity index (χ0) is 11.4. The van der Waals surface area contributed by atoms with Gasteiger partial charge in [-0.05, 0) is 18.2 Å². The Balaban J connectivity index is 3.01. The Morgan fingerprint density at radius 3 is 2.93 bits per heavy atom. The maximum atomic E-state index is 13.3. The summed E-state index contributed by atoms with van der Waals surface area (Å²) in [7, 11) is 0. The maximum Gasteiger partial charge on any atom is 0.183 e. The quantitative estimate of drug-likeness (QED) is 0.675. The molecule has 2 N–H and O–H groups in total. The van der Waals surface area contributed by atoms with E-state index in [1.54, 1.807) is 0 Å². The van der Waals surface area contributed by atoms with Gasteiger partial charge >= 0.3 is 0 Å². The molecule has 1 aromatic rings. The molecular formula is C11H9BrFNO. The van der Waals surface area contributed by atoms with Crippen LogP contribution in [0.1, 0.15) is 16.8 Å². The number of nitrogens with two attached hydrogens (primary N) is 1. The van der Waals surface area contributed by atoms with Crippen molar-refractivity contribution >= 4 is 21.7 Å². The second-order valence-electron chi connectivity index (χ2n) is 3.00. The van der Waals surface area contributed by atoms with Crippen LogP contribution in [-0.4, -0.2) is 11.8 Å². The van der Waals surface area contributed by atoms with Crippen LogP contribution in [0.3, 0.4) is 0 Å². The maximum absolute atomic E-state index is 13.3. The van der Waals surface area contributed by atoms with Crippen LogP contribution >= 0.6 is 15.9 Å². The van der Waals surface area contributed by atoms with Gasteiger partial charge in [-0.3, -0.25) is 4.79 Å². The largest absolute Gasteiger partial charge is 0.320 e. The third kappa shape index (κ3) is 2.88. The number of carbonyl (C=O) groups excluding carboxylic acids is 1. The van der Waals surface area contributed by atoms with Gasteiger partial charge in [-0.1, -0.05) is 15.9 Å². The topological polar surface area (TPSA) is 43.1 Å². The third-order valence-corrected chi connectivity index (χ3v) is 2.36. The molecular weight excluding hydrogens is 261 g/mol. The minimum Gasteiger partial charge on any atom is -0.320 e. The summed E-state index contributed by atoms with van der Waals surface area (Å²) < 4.78 is 13.9. The van der Waals surface area contributed by atoms with Gasteiger partial charge in [-0.2, -0.15) is 0 Å². The van der Waals surface area contributed by atoms with Crippen molar-refractivity contribution in [3.8, 4) is 12.3 Å². The fourth-order valence-corrected chi connectivity index (χ4v) is 1.47. The highest BCUT2D eigenvalue weighted by Crippen LogP contribution is 2.17. The average molecular weight is 270 g/mol. The molecule has 1 aromatic carbocycles. The molecule has 0 aliphatic carbocycles. The fraction of sp³-hybridized carbons (Fsp3) is 0.182. The van der Waals surface area contributed by atoms with Gasteiger partial charge in [-0.15, -0.1) is 12.3 Å². The van der Waals surface area contributed by atoms with Gasteiger partial charge in [0.2, 0.25) is 0 Å². The Hall–Kier alpha value is -1.18. The normalized spacial score (nSPS) is 11.9. The molecule has 0 heterocycles. The number of ketones is 1. The lowest BCUT2D eigenvalue weighted by molar-refractivity contribution is 0.0959. The van der Waals surface area contributed by atoms with Crippen molar-refractivity contribution in [3.05, 3.63) is 34.1 Å². The van der Waals surface area contributed by atoms with E-state index in [2.05, 4.69) is 21.9 Å². The van der Waals surface area contributed by atoms with E-state index in [1.807, 2.05) is 0 Å². The van der Waals surface area contributed by atoms with Crippen LogP contribution in [0.15, 0.2) is 22.7 Å². The smallest absolute Gasteiger partial charge is 0.183 e. The van der Waals surface area contributed by atoms with Crippen molar-refractivity contribution in [3.63, 3.8) is 0 Å². The molecule has 1 atom stereocenters. The number of Topliss-reactive ketones (excluding diaryl/α,β-unsaturated/α-hetero) is 1. The van der Waals surface area contributed by atoms with Crippen molar-refractivity contribution in [2.45, 2.75) is 12.5 Å². The van der Waals surface area contributed by atoms with E-state index in [0.717, 1.165) is 0 Å². The number of terminal acetylenes is 1. The van der Waals surface area contributed by atoms with E-state index in [9.17, 15) is 9.18 Å². The Labute approximate surface area is 95.8 Å². The van der Waals surface area contributed by atoms with Crippen molar-refractivity contribution in [2.24, 2.45) is 5.73 Å². The second kappa shape index (κ2) is 5.06. The molecule has 0 fully saturated rings. The number of halogens is 2. The first kappa shape index (κ1) is 11.9. The van der Waals surface area contributed by atoms with Crippen LogP contribution in [0, 0.1) is 18.2 Å². The van der Waals surface area contributed by atoms with Crippen LogP contribution in [0.5, 0.6) is 0 Å². The van der Waals surface area contributed by atoms with Gasteiger partial charge in [-0.25, -0.2) is 4.39 Å². The minimum absolute atomic E-state index is 0.0351. The molecule has 4 heteroatoms. The van der Waals surface area contributed by atoms with Crippen LogP contribution in [0.4, 0.5) is 4.39 Å². The molecule has 0 aliphatic rings. The minimum atomic E-state index is -0.848. The van der Waals surface area contributed by atoms with Gasteiger partial charge in [0.05, 0.1) is 11.6 Å². The highest BCUT2D eigenvalue weighted by molar-refractivity contribution is 9.10. The lowest BCUT2D eigenvalue weighted by Crippen LogP contribution is -2.30. The number of hydrogen-bond acceptors (Lipinski definition) is 2. The van der Waals surface area contributed by atoms with Crippen LogP contribution in [-0.2, 0) is 0 Å². The first-order chi connectivity index (χ1) is 7.06. The van der Waals surface area contributed by atoms with Crippen molar-refractivity contribution in [2.75, 3.05) is 0 Å². The van der Waals surface area contributed by atoms with E-state index in [-0.39, 0.29) is 12.0 Å². The molecule has 0 saturated carbocycles. The summed E-state index contributed by atoms with van der Waals surface area (Å²) >= 11 is 3.15. The zero-order valence-electron chi connectivity index (χ0n) is 7.84. The Morgan fingerprint density at radius 1 is 1.67 bits per heavy atom. The van der Waals surface area contributed by atoms with Crippen LogP contribution < -0.4 is 5.73 Å². The van der Waals surface area contributed by atoms with Gasteiger partial charge in [0, 0.05) is 10.9 Å². The monoisotopic (exact) mass is 269 g/mol. The van der Waals surface area contributed by atoms with E-state index < -0.39 is 17.6 Å². The Kier molecular flexibility index (Phi) is 4.01. The first-order valence-electron chi connectivity index (χ1n) is 4.24. The lowest BCUT2D eigenvalue weighted by atomic mass is 10.0. The third-order valence-electron chi connectivity index (χ3n) is 1.87. The molecule has 0 saturated heterocycles. The van der Waals surface area contributed by atoms with Gasteiger partial charge in [0.25, 0.3) is 0 Å². The van der Waals surface area contributed by atoms with Crippen LogP contribution in [0.2, 0.25) is 0 Å². The summed E-state index contributed by atoms with van der Waals surface area (Å²) in [6.07, 6.45) is 5.13. The standard InChI is InChI=1S/C11H9BrFNO/c1-2-3-10(14)11(15)8-6-7(12)4-5-9(8)13/h1,4-6,10H,3,14H2. The summed E-state index contributed by atoms with van der Waals surface area (Å²) in [5.41, 5.74) is 5.47. The van der Waals surface area contributed by atoms with Gasteiger partial charge in [0.1, 0.15) is 5.82 Å². The van der Waals surface area contributed by atoms with Crippen LogP contribution in [0.25, 0.3) is 0 Å². The Morgan fingerprint density at radius 2 is 2.33 bits per heavy atom. The lowest BCUT2D eigenvalue weighted by Gasteiger charge is -2.08. The van der Waals surface area contributed by atoms with E-state index in [4.69, 9.17) is 12.2 Å². The highest BCUT2D eigenvalue weighted by Gasteiger charge is 2.18. The van der Waals surface area contributed by atoms with Crippen molar-refractivity contribution in [1.29, 1.82) is 0 Å². The molecule has 0 spiro atoms. The molecule has 78 valence electrons. The number of hydrogen-bond donors (Lipinski definition) is 1. The second-order valence-corrected chi connectivity index (χ2v) is 3.92.